The molecule has 0 bridgehead atoms. The number of imide groups is 1. The predicted octanol–water partition coefficient (Wildman–Crippen LogP) is 0.581. The van der Waals surface area contributed by atoms with E-state index in [9.17, 15) is 14.4 Å². The quantitative estimate of drug-likeness (QED) is 0.721. The van der Waals surface area contributed by atoms with Crippen LogP contribution in [-0.4, -0.2) is 28.0 Å². The van der Waals surface area contributed by atoms with Crippen molar-refractivity contribution in [2.45, 2.75) is 26.3 Å². The topological polar surface area (TPSA) is 108 Å². The van der Waals surface area contributed by atoms with Gasteiger partial charge < -0.3 is 10.4 Å². The summed E-state index contributed by atoms with van der Waals surface area (Å²) in [6.07, 6.45) is 2.74. The molecule has 0 atom stereocenters. The molecule has 3 N–H and O–H groups in total. The van der Waals surface area contributed by atoms with Crippen LogP contribution in [0.25, 0.3) is 0 Å². The number of nitrogens with zero attached hydrogens (tertiary/aromatic N) is 1. The van der Waals surface area contributed by atoms with Gasteiger partial charge >= 0.3 is 12.0 Å². The van der Waals surface area contributed by atoms with Crippen molar-refractivity contribution in [2.24, 2.45) is 0 Å². The minimum Gasteiger partial charge on any atom is -0.481 e. The number of urea groups is 1. The highest BCUT2D eigenvalue weighted by Crippen LogP contribution is 2.03. The molecule has 0 fully saturated rings. The van der Waals surface area contributed by atoms with Crippen LogP contribution in [0.2, 0.25) is 0 Å². The first kappa shape index (κ1) is 14.6. The van der Waals surface area contributed by atoms with Crippen LogP contribution in [0.4, 0.5) is 4.79 Å². The van der Waals surface area contributed by atoms with E-state index in [-0.39, 0.29) is 19.4 Å². The number of aryl methyl sites for hydroxylation is 1. The Labute approximate surface area is 110 Å². The summed E-state index contributed by atoms with van der Waals surface area (Å²) in [6.45, 7) is 2.13. The zero-order chi connectivity index (χ0) is 14.3. The van der Waals surface area contributed by atoms with E-state index in [1.165, 1.54) is 0 Å². The van der Waals surface area contributed by atoms with Crippen LogP contribution in [0.3, 0.4) is 0 Å². The zero-order valence-corrected chi connectivity index (χ0v) is 10.5. The SMILES string of the molecule is Cc1ccncc1CNC(=O)NC(=O)CCC(=O)O. The van der Waals surface area contributed by atoms with Gasteiger partial charge in [0.25, 0.3) is 0 Å². The van der Waals surface area contributed by atoms with Gasteiger partial charge in [0.15, 0.2) is 0 Å². The van der Waals surface area contributed by atoms with Crippen molar-refractivity contribution in [2.75, 3.05) is 0 Å². The second-order valence-corrected chi connectivity index (χ2v) is 3.93. The number of aliphatic carboxylic acids is 1. The lowest BCUT2D eigenvalue weighted by Gasteiger charge is -2.07. The molecule has 1 aromatic heterocycles. The molecule has 7 heteroatoms. The summed E-state index contributed by atoms with van der Waals surface area (Å²) in [5.41, 5.74) is 1.82. The molecule has 1 aromatic rings. The maximum absolute atomic E-state index is 11.4. The van der Waals surface area contributed by atoms with Gasteiger partial charge in [-0.15, -0.1) is 0 Å². The molecule has 0 radical (unpaired) electrons. The summed E-state index contributed by atoms with van der Waals surface area (Å²) in [7, 11) is 0. The fraction of sp³-hybridized carbons (Fsp3) is 0.333. The normalized spacial score (nSPS) is 9.74. The number of hydrogen-bond acceptors (Lipinski definition) is 4. The Bertz CT molecular complexity index is 488. The Morgan fingerprint density at radius 3 is 2.68 bits per heavy atom. The molecule has 0 saturated heterocycles. The number of hydrogen-bond donors (Lipinski definition) is 3. The van der Waals surface area contributed by atoms with E-state index in [1.54, 1.807) is 12.4 Å². The molecule has 0 aliphatic heterocycles. The molecule has 0 saturated carbocycles. The van der Waals surface area contributed by atoms with Crippen molar-refractivity contribution in [1.29, 1.82) is 0 Å². The number of carbonyl (C=O) groups is 3. The second-order valence-electron chi connectivity index (χ2n) is 3.93. The van der Waals surface area contributed by atoms with Gasteiger partial charge in [0, 0.05) is 25.4 Å². The van der Waals surface area contributed by atoms with Crippen LogP contribution in [0.15, 0.2) is 18.5 Å². The highest BCUT2D eigenvalue weighted by molar-refractivity contribution is 5.95. The first-order valence-corrected chi connectivity index (χ1v) is 5.68. The predicted molar refractivity (Wildman–Crippen MR) is 66.2 cm³/mol. The molecule has 0 aromatic carbocycles. The molecule has 0 unspecified atom stereocenters. The summed E-state index contributed by atoms with van der Waals surface area (Å²) in [5, 5.41) is 12.9. The van der Waals surface area contributed by atoms with Crippen molar-refractivity contribution in [3.8, 4) is 0 Å². The van der Waals surface area contributed by atoms with E-state index >= 15 is 0 Å². The largest absolute Gasteiger partial charge is 0.481 e. The van der Waals surface area contributed by atoms with Gasteiger partial charge in [-0.05, 0) is 24.1 Å². The first-order chi connectivity index (χ1) is 8.99. The lowest BCUT2D eigenvalue weighted by atomic mass is 10.2. The standard InChI is InChI=1S/C12H15N3O4/c1-8-4-5-13-6-9(8)7-14-12(19)15-10(16)2-3-11(17)18/h4-6H,2-3,7H2,1H3,(H,17,18)(H2,14,15,16,19). The lowest BCUT2D eigenvalue weighted by Crippen LogP contribution is -2.39. The van der Waals surface area contributed by atoms with E-state index in [1.807, 2.05) is 13.0 Å². The number of rotatable bonds is 5. The molecule has 0 aliphatic carbocycles. The summed E-state index contributed by atoms with van der Waals surface area (Å²) in [4.78, 5) is 36.7. The summed E-state index contributed by atoms with van der Waals surface area (Å²) in [6, 6.07) is 1.16. The number of carboxylic acid groups (broad SMARTS) is 1. The number of carbonyl (C=O) groups excluding carboxylic acids is 2. The van der Waals surface area contributed by atoms with E-state index in [4.69, 9.17) is 5.11 Å². The third-order valence-corrected chi connectivity index (χ3v) is 2.41. The molecule has 3 amide bonds. The van der Waals surface area contributed by atoms with Gasteiger partial charge in [-0.2, -0.15) is 0 Å². The minimum absolute atomic E-state index is 0.228. The monoisotopic (exact) mass is 265 g/mol. The summed E-state index contributed by atoms with van der Waals surface area (Å²) >= 11 is 0. The van der Waals surface area contributed by atoms with Crippen LogP contribution in [0, 0.1) is 6.92 Å². The molecule has 102 valence electrons. The van der Waals surface area contributed by atoms with E-state index in [0.29, 0.717) is 0 Å². The minimum atomic E-state index is -1.08. The van der Waals surface area contributed by atoms with Crippen LogP contribution >= 0.6 is 0 Å². The van der Waals surface area contributed by atoms with Gasteiger partial charge in [-0.3, -0.25) is 19.9 Å². The first-order valence-electron chi connectivity index (χ1n) is 5.68. The molecule has 0 aliphatic rings. The lowest BCUT2D eigenvalue weighted by molar-refractivity contribution is -0.138. The second kappa shape index (κ2) is 7.10. The van der Waals surface area contributed by atoms with Crippen molar-refractivity contribution in [3.05, 3.63) is 29.6 Å². The van der Waals surface area contributed by atoms with Gasteiger partial charge in [0.1, 0.15) is 0 Å². The number of pyridine rings is 1. The van der Waals surface area contributed by atoms with Crippen molar-refractivity contribution >= 4 is 17.9 Å². The van der Waals surface area contributed by atoms with Crippen molar-refractivity contribution < 1.29 is 19.5 Å². The maximum Gasteiger partial charge on any atom is 0.321 e. The smallest absolute Gasteiger partial charge is 0.321 e. The van der Waals surface area contributed by atoms with Gasteiger partial charge in [0.05, 0.1) is 6.42 Å². The molecular weight excluding hydrogens is 250 g/mol. The third kappa shape index (κ3) is 5.62. The van der Waals surface area contributed by atoms with Crippen molar-refractivity contribution in [1.82, 2.24) is 15.6 Å². The van der Waals surface area contributed by atoms with Gasteiger partial charge in [-0.1, -0.05) is 0 Å². The Hall–Kier alpha value is -2.44. The van der Waals surface area contributed by atoms with Gasteiger partial charge in [-0.25, -0.2) is 4.79 Å². The Morgan fingerprint density at radius 1 is 1.32 bits per heavy atom. The third-order valence-electron chi connectivity index (χ3n) is 2.41. The summed E-state index contributed by atoms with van der Waals surface area (Å²) < 4.78 is 0. The Balaban J connectivity index is 2.34. The number of amides is 3. The zero-order valence-electron chi connectivity index (χ0n) is 10.5. The molecular formula is C12H15N3O4. The van der Waals surface area contributed by atoms with E-state index < -0.39 is 17.9 Å². The van der Waals surface area contributed by atoms with Crippen molar-refractivity contribution in [3.63, 3.8) is 0 Å². The van der Waals surface area contributed by atoms with E-state index in [0.717, 1.165) is 11.1 Å². The number of aromatic nitrogens is 1. The molecule has 1 rings (SSSR count). The number of nitrogens with one attached hydrogen (secondary N) is 2. The molecule has 7 nitrogen and oxygen atoms in total. The van der Waals surface area contributed by atoms with Gasteiger partial charge in [0.2, 0.25) is 5.91 Å². The maximum atomic E-state index is 11.4. The van der Waals surface area contributed by atoms with Crippen LogP contribution in [0.5, 0.6) is 0 Å². The molecule has 1 heterocycles. The Kier molecular flexibility index (Phi) is 5.46. The molecule has 19 heavy (non-hydrogen) atoms. The highest BCUT2D eigenvalue weighted by Gasteiger charge is 2.09. The fourth-order valence-electron chi connectivity index (χ4n) is 1.31. The average Bonchev–Trinajstić information content (AvgIpc) is 2.35. The number of carboxylic acids is 1. The summed E-state index contributed by atoms with van der Waals surface area (Å²) in [5.74, 6) is -1.70. The Morgan fingerprint density at radius 2 is 2.05 bits per heavy atom. The van der Waals surface area contributed by atoms with Crippen LogP contribution in [-0.2, 0) is 16.1 Å². The molecule has 0 spiro atoms. The van der Waals surface area contributed by atoms with Crippen LogP contribution < -0.4 is 10.6 Å². The highest BCUT2D eigenvalue weighted by atomic mass is 16.4. The van der Waals surface area contributed by atoms with E-state index in [2.05, 4.69) is 15.6 Å². The average molecular weight is 265 g/mol. The fourth-order valence-corrected chi connectivity index (χ4v) is 1.31. The van der Waals surface area contributed by atoms with Crippen LogP contribution in [0.1, 0.15) is 24.0 Å².